The molecule has 0 bridgehead atoms. The van der Waals surface area contributed by atoms with E-state index in [1.54, 1.807) is 30.2 Å². The van der Waals surface area contributed by atoms with Gasteiger partial charge in [-0.25, -0.2) is 4.98 Å². The van der Waals surface area contributed by atoms with E-state index in [0.717, 1.165) is 22.3 Å². The first kappa shape index (κ1) is 17.7. The van der Waals surface area contributed by atoms with Gasteiger partial charge in [0, 0.05) is 42.1 Å². The Bertz CT molecular complexity index is 790. The van der Waals surface area contributed by atoms with Gasteiger partial charge in [0.2, 0.25) is 5.95 Å². The van der Waals surface area contributed by atoms with Crippen molar-refractivity contribution in [1.29, 1.82) is 0 Å². The first-order chi connectivity index (χ1) is 12.2. The molecule has 3 aromatic rings. The van der Waals surface area contributed by atoms with Crippen LogP contribution in [0.4, 0.5) is 17.6 Å². The van der Waals surface area contributed by atoms with Crippen LogP contribution in [0.3, 0.4) is 0 Å². The maximum absolute atomic E-state index is 5.08. The molecule has 25 heavy (non-hydrogen) atoms. The molecule has 7 nitrogen and oxygen atoms in total. The maximum atomic E-state index is 5.08. The van der Waals surface area contributed by atoms with E-state index in [0.29, 0.717) is 24.9 Å². The SMILES string of the molecule is COCCNc1cc(SCc2cccs2)nc(Nc2cc(C)[nH]n2)n1. The Morgan fingerprint density at radius 2 is 2.20 bits per heavy atom. The summed E-state index contributed by atoms with van der Waals surface area (Å²) >= 11 is 3.43. The van der Waals surface area contributed by atoms with Crippen LogP contribution in [0.25, 0.3) is 0 Å². The van der Waals surface area contributed by atoms with Crippen molar-refractivity contribution in [3.8, 4) is 0 Å². The summed E-state index contributed by atoms with van der Waals surface area (Å²) in [6.45, 7) is 3.25. The van der Waals surface area contributed by atoms with Crippen LogP contribution in [0, 0.1) is 6.92 Å². The summed E-state index contributed by atoms with van der Waals surface area (Å²) in [5.74, 6) is 2.85. The van der Waals surface area contributed by atoms with E-state index in [1.165, 1.54) is 4.88 Å². The van der Waals surface area contributed by atoms with Crippen molar-refractivity contribution in [3.63, 3.8) is 0 Å². The molecule has 3 heterocycles. The predicted octanol–water partition coefficient (Wildman–Crippen LogP) is 3.66. The first-order valence-corrected chi connectivity index (χ1v) is 9.65. The van der Waals surface area contributed by atoms with E-state index < -0.39 is 0 Å². The number of rotatable bonds is 9. The molecule has 9 heteroatoms. The van der Waals surface area contributed by atoms with Crippen molar-refractivity contribution in [2.75, 3.05) is 30.9 Å². The summed E-state index contributed by atoms with van der Waals surface area (Å²) in [6.07, 6.45) is 0. The molecule has 0 aliphatic carbocycles. The largest absolute Gasteiger partial charge is 0.383 e. The van der Waals surface area contributed by atoms with Gasteiger partial charge in [0.1, 0.15) is 10.8 Å². The fourth-order valence-corrected chi connectivity index (χ4v) is 3.73. The Balaban J connectivity index is 1.74. The number of nitrogens with zero attached hydrogens (tertiary/aromatic N) is 3. The molecule has 0 atom stereocenters. The number of aromatic amines is 1. The number of thioether (sulfide) groups is 1. The van der Waals surface area contributed by atoms with E-state index in [2.05, 4.69) is 48.3 Å². The van der Waals surface area contributed by atoms with E-state index in [9.17, 15) is 0 Å². The number of H-pyrrole nitrogens is 1. The molecule has 0 spiro atoms. The number of thiophene rings is 1. The van der Waals surface area contributed by atoms with Crippen molar-refractivity contribution >= 4 is 40.7 Å². The third-order valence-corrected chi connectivity index (χ3v) is 5.22. The fourth-order valence-electron chi connectivity index (χ4n) is 2.06. The lowest BCUT2D eigenvalue weighted by Crippen LogP contribution is -2.10. The highest BCUT2D eigenvalue weighted by Crippen LogP contribution is 2.26. The molecule has 3 rings (SSSR count). The number of aromatic nitrogens is 4. The monoisotopic (exact) mass is 376 g/mol. The maximum Gasteiger partial charge on any atom is 0.231 e. The van der Waals surface area contributed by atoms with Crippen LogP contribution in [0.2, 0.25) is 0 Å². The highest BCUT2D eigenvalue weighted by Gasteiger charge is 2.08. The minimum absolute atomic E-state index is 0.516. The van der Waals surface area contributed by atoms with Crippen molar-refractivity contribution in [2.45, 2.75) is 17.7 Å². The molecule has 0 fully saturated rings. The second-order valence-corrected chi connectivity index (χ2v) is 7.29. The third kappa shape index (κ3) is 5.45. The van der Waals surface area contributed by atoms with Gasteiger partial charge >= 0.3 is 0 Å². The lowest BCUT2D eigenvalue weighted by Gasteiger charge is -2.10. The topological polar surface area (TPSA) is 87.8 Å². The van der Waals surface area contributed by atoms with Gasteiger partial charge in [-0.2, -0.15) is 10.1 Å². The Morgan fingerprint density at radius 1 is 1.28 bits per heavy atom. The number of hydrogen-bond acceptors (Lipinski definition) is 8. The highest BCUT2D eigenvalue weighted by atomic mass is 32.2. The highest BCUT2D eigenvalue weighted by molar-refractivity contribution is 7.98. The van der Waals surface area contributed by atoms with Gasteiger partial charge < -0.3 is 15.4 Å². The van der Waals surface area contributed by atoms with Gasteiger partial charge in [-0.15, -0.1) is 23.1 Å². The average Bonchev–Trinajstić information content (AvgIpc) is 3.25. The van der Waals surface area contributed by atoms with Crippen LogP contribution in [0.15, 0.2) is 34.7 Å². The molecule has 0 aliphatic rings. The first-order valence-electron chi connectivity index (χ1n) is 7.79. The van der Waals surface area contributed by atoms with Crippen LogP contribution >= 0.6 is 23.1 Å². The fraction of sp³-hybridized carbons (Fsp3) is 0.312. The van der Waals surface area contributed by atoms with Crippen molar-refractivity contribution in [2.24, 2.45) is 0 Å². The van der Waals surface area contributed by atoms with E-state index in [4.69, 9.17) is 4.74 Å². The molecule has 0 unspecified atom stereocenters. The van der Waals surface area contributed by atoms with Crippen LogP contribution in [0.5, 0.6) is 0 Å². The van der Waals surface area contributed by atoms with Gasteiger partial charge in [0.15, 0.2) is 5.82 Å². The van der Waals surface area contributed by atoms with Crippen molar-refractivity contribution in [3.05, 3.63) is 40.2 Å². The Hall–Kier alpha value is -2.10. The zero-order valence-electron chi connectivity index (χ0n) is 14.1. The predicted molar refractivity (Wildman–Crippen MR) is 103 cm³/mol. The van der Waals surface area contributed by atoms with Crippen molar-refractivity contribution < 1.29 is 4.74 Å². The lowest BCUT2D eigenvalue weighted by molar-refractivity contribution is 0.210. The molecule has 3 aromatic heterocycles. The summed E-state index contributed by atoms with van der Waals surface area (Å²) in [4.78, 5) is 10.4. The number of hydrogen-bond donors (Lipinski definition) is 3. The minimum Gasteiger partial charge on any atom is -0.383 e. The molecule has 132 valence electrons. The van der Waals surface area contributed by atoms with Crippen molar-refractivity contribution in [1.82, 2.24) is 20.2 Å². The zero-order valence-corrected chi connectivity index (χ0v) is 15.7. The average molecular weight is 377 g/mol. The van der Waals surface area contributed by atoms with Crippen LogP contribution in [-0.2, 0) is 10.5 Å². The lowest BCUT2D eigenvalue weighted by atomic mass is 10.5. The summed E-state index contributed by atoms with van der Waals surface area (Å²) in [5, 5.41) is 16.5. The number of methoxy groups -OCH3 is 1. The van der Waals surface area contributed by atoms with Crippen LogP contribution in [0.1, 0.15) is 10.6 Å². The molecule has 0 aliphatic heterocycles. The number of nitrogens with one attached hydrogen (secondary N) is 3. The number of ether oxygens (including phenoxy) is 1. The molecule has 0 radical (unpaired) electrons. The second-order valence-electron chi connectivity index (χ2n) is 5.26. The summed E-state index contributed by atoms with van der Waals surface area (Å²) in [5.41, 5.74) is 0.976. The minimum atomic E-state index is 0.516. The normalized spacial score (nSPS) is 10.8. The van der Waals surface area contributed by atoms with E-state index in [-0.39, 0.29) is 0 Å². The number of anilines is 3. The number of aryl methyl sites for hydroxylation is 1. The Kier molecular flexibility index (Phi) is 6.26. The van der Waals surface area contributed by atoms with E-state index >= 15 is 0 Å². The zero-order chi connectivity index (χ0) is 17.5. The van der Waals surface area contributed by atoms with Gasteiger partial charge in [-0.3, -0.25) is 5.10 Å². The standard InChI is InChI=1S/C16H20N6OS2/c1-11-8-14(22-21-11)19-16-18-13(17-5-6-23-2)9-15(20-16)25-10-12-4-3-7-24-12/h3-4,7-9H,5-6,10H2,1-2H3,(H3,17,18,19,20,21,22). The molecule has 0 saturated heterocycles. The Labute approximate surface area is 154 Å². The van der Waals surface area contributed by atoms with Gasteiger partial charge in [-0.1, -0.05) is 6.07 Å². The molecular formula is C16H20N6OS2. The molecule has 0 amide bonds. The van der Waals surface area contributed by atoms with E-state index in [1.807, 2.05) is 19.1 Å². The summed E-state index contributed by atoms with van der Waals surface area (Å²) in [6, 6.07) is 8.05. The van der Waals surface area contributed by atoms with Gasteiger partial charge in [0.25, 0.3) is 0 Å². The summed E-state index contributed by atoms with van der Waals surface area (Å²) < 4.78 is 5.08. The quantitative estimate of drug-likeness (QED) is 0.298. The van der Waals surface area contributed by atoms with Gasteiger partial charge in [0.05, 0.1) is 6.61 Å². The molecular weight excluding hydrogens is 356 g/mol. The van der Waals surface area contributed by atoms with Crippen LogP contribution in [-0.4, -0.2) is 40.4 Å². The molecule has 0 aromatic carbocycles. The molecule has 3 N–H and O–H groups in total. The van der Waals surface area contributed by atoms with Crippen LogP contribution < -0.4 is 10.6 Å². The molecule has 0 saturated carbocycles. The second kappa shape index (κ2) is 8.84. The van der Waals surface area contributed by atoms with Gasteiger partial charge in [-0.05, 0) is 18.4 Å². The smallest absolute Gasteiger partial charge is 0.231 e. The Morgan fingerprint density at radius 3 is 2.92 bits per heavy atom. The summed E-state index contributed by atoms with van der Waals surface area (Å²) in [7, 11) is 1.68. The third-order valence-electron chi connectivity index (χ3n) is 3.20.